The van der Waals surface area contributed by atoms with E-state index in [1.54, 1.807) is 6.92 Å². The van der Waals surface area contributed by atoms with Crippen LogP contribution in [0.1, 0.15) is 31.9 Å². The number of carbonyl (C=O) groups excluding carboxylic acids is 2. The summed E-state index contributed by atoms with van der Waals surface area (Å²) in [6.45, 7) is 6.63. The van der Waals surface area contributed by atoms with Crippen LogP contribution in [-0.4, -0.2) is 48.4 Å². The molecule has 0 bridgehead atoms. The topological polar surface area (TPSA) is 65.1 Å². The third-order valence-electron chi connectivity index (χ3n) is 5.06. The van der Waals surface area contributed by atoms with Crippen molar-refractivity contribution in [2.45, 2.75) is 45.4 Å². The molecule has 0 amide bonds. The summed E-state index contributed by atoms with van der Waals surface area (Å²) in [4.78, 5) is 26.9. The first-order chi connectivity index (χ1) is 15.4. The maximum atomic E-state index is 13.2. The molecular formula is C25H31NO5S. The first-order valence-electron chi connectivity index (χ1n) is 10.8. The predicted octanol–water partition coefficient (Wildman–Crippen LogP) is 4.21. The predicted molar refractivity (Wildman–Crippen MR) is 127 cm³/mol. The van der Waals surface area contributed by atoms with Gasteiger partial charge in [0, 0.05) is 12.1 Å². The molecule has 2 aromatic carbocycles. The third kappa shape index (κ3) is 6.74. The van der Waals surface area contributed by atoms with Crippen molar-refractivity contribution >= 4 is 29.4 Å². The molecule has 1 aliphatic rings. The Morgan fingerprint density at radius 1 is 1.09 bits per heavy atom. The van der Waals surface area contributed by atoms with E-state index in [2.05, 4.69) is 0 Å². The standard InChI is InChI=1S/C25H31NO5S/c1-4-30-23(27)16-32-18-26-21-13-9-8-12-20(21)14-22(26)24(28)31-25(2,3)17-29-15-19-10-6-5-7-11-19/h5-13,22H,4,14-18H2,1-3H3. The van der Waals surface area contributed by atoms with E-state index < -0.39 is 11.6 Å². The molecule has 0 saturated carbocycles. The van der Waals surface area contributed by atoms with Crippen LogP contribution in [0.5, 0.6) is 0 Å². The third-order valence-corrected chi connectivity index (χ3v) is 5.96. The van der Waals surface area contributed by atoms with Crippen molar-refractivity contribution in [1.29, 1.82) is 0 Å². The Morgan fingerprint density at radius 3 is 2.56 bits per heavy atom. The van der Waals surface area contributed by atoms with Crippen molar-refractivity contribution < 1.29 is 23.8 Å². The zero-order valence-electron chi connectivity index (χ0n) is 18.9. The van der Waals surface area contributed by atoms with Crippen LogP contribution in [0.4, 0.5) is 5.69 Å². The van der Waals surface area contributed by atoms with Gasteiger partial charge in [-0.3, -0.25) is 4.79 Å². The van der Waals surface area contributed by atoms with Gasteiger partial charge in [-0.25, -0.2) is 4.79 Å². The number of para-hydroxylation sites is 1. The lowest BCUT2D eigenvalue weighted by molar-refractivity contribution is -0.164. The monoisotopic (exact) mass is 457 g/mol. The van der Waals surface area contributed by atoms with Gasteiger partial charge in [0.05, 0.1) is 31.5 Å². The largest absolute Gasteiger partial charge is 0.465 e. The Bertz CT molecular complexity index is 902. The Hall–Kier alpha value is -2.51. The van der Waals surface area contributed by atoms with Gasteiger partial charge in [-0.15, -0.1) is 11.8 Å². The molecule has 0 aliphatic carbocycles. The van der Waals surface area contributed by atoms with Crippen LogP contribution in [0.3, 0.4) is 0 Å². The van der Waals surface area contributed by atoms with Gasteiger partial charge in [0.1, 0.15) is 11.6 Å². The van der Waals surface area contributed by atoms with Crippen LogP contribution in [0.25, 0.3) is 0 Å². The van der Waals surface area contributed by atoms with Crippen LogP contribution < -0.4 is 4.90 Å². The highest BCUT2D eigenvalue weighted by Crippen LogP contribution is 2.34. The van der Waals surface area contributed by atoms with E-state index in [-0.39, 0.29) is 17.7 Å². The average molecular weight is 458 g/mol. The number of rotatable bonds is 11. The lowest BCUT2D eigenvalue weighted by Crippen LogP contribution is -2.44. The first kappa shape index (κ1) is 24.1. The van der Waals surface area contributed by atoms with Crippen molar-refractivity contribution in [3.63, 3.8) is 0 Å². The van der Waals surface area contributed by atoms with E-state index in [1.807, 2.05) is 73.3 Å². The molecule has 3 rings (SSSR count). The normalized spacial score (nSPS) is 15.3. The van der Waals surface area contributed by atoms with Crippen molar-refractivity contribution in [3.8, 4) is 0 Å². The Kier molecular flexibility index (Phi) is 8.59. The summed E-state index contributed by atoms with van der Waals surface area (Å²) >= 11 is 1.43. The Labute approximate surface area is 194 Å². The lowest BCUT2D eigenvalue weighted by atomic mass is 10.1. The molecule has 1 aliphatic heterocycles. The SMILES string of the molecule is CCOC(=O)CSCN1c2ccccc2CC1C(=O)OC(C)(C)COCc1ccccc1. The van der Waals surface area contributed by atoms with Gasteiger partial charge in [-0.1, -0.05) is 48.5 Å². The van der Waals surface area contributed by atoms with E-state index >= 15 is 0 Å². The molecule has 172 valence electrons. The summed E-state index contributed by atoms with van der Waals surface area (Å²) in [5.74, 6) is 0.209. The molecule has 7 heteroatoms. The summed E-state index contributed by atoms with van der Waals surface area (Å²) in [6.07, 6.45) is 0.579. The number of carbonyl (C=O) groups is 2. The van der Waals surface area contributed by atoms with E-state index in [0.29, 0.717) is 32.1 Å². The second-order valence-corrected chi connectivity index (χ2v) is 9.22. The van der Waals surface area contributed by atoms with Gasteiger partial charge >= 0.3 is 11.9 Å². The number of ether oxygens (including phenoxy) is 3. The van der Waals surface area contributed by atoms with Crippen LogP contribution in [0, 0.1) is 0 Å². The Balaban J connectivity index is 1.58. The van der Waals surface area contributed by atoms with Crippen LogP contribution >= 0.6 is 11.8 Å². The fourth-order valence-electron chi connectivity index (χ4n) is 3.61. The number of nitrogens with zero attached hydrogens (tertiary/aromatic N) is 1. The number of esters is 2. The molecule has 0 radical (unpaired) electrons. The maximum absolute atomic E-state index is 13.2. The molecule has 0 saturated heterocycles. The minimum absolute atomic E-state index is 0.243. The van der Waals surface area contributed by atoms with Crippen molar-refractivity contribution in [2.24, 2.45) is 0 Å². The Morgan fingerprint density at radius 2 is 1.81 bits per heavy atom. The van der Waals surface area contributed by atoms with Crippen molar-refractivity contribution in [2.75, 3.05) is 29.7 Å². The number of hydrogen-bond donors (Lipinski definition) is 0. The molecule has 0 aromatic heterocycles. The van der Waals surface area contributed by atoms with Gasteiger partial charge < -0.3 is 19.1 Å². The van der Waals surface area contributed by atoms with E-state index in [0.717, 1.165) is 16.8 Å². The smallest absolute Gasteiger partial charge is 0.329 e. The highest BCUT2D eigenvalue weighted by Gasteiger charge is 2.38. The summed E-state index contributed by atoms with van der Waals surface area (Å²) in [5.41, 5.74) is 2.42. The number of anilines is 1. The molecule has 0 N–H and O–H groups in total. The highest BCUT2D eigenvalue weighted by molar-refractivity contribution is 8.00. The molecule has 0 fully saturated rings. The zero-order valence-corrected chi connectivity index (χ0v) is 19.7. The van der Waals surface area contributed by atoms with Gasteiger partial charge in [0.2, 0.25) is 0 Å². The summed E-state index contributed by atoms with van der Waals surface area (Å²) in [5, 5.41) is 0. The molecule has 1 atom stereocenters. The quantitative estimate of drug-likeness (QED) is 0.468. The average Bonchev–Trinajstić information content (AvgIpc) is 3.13. The lowest BCUT2D eigenvalue weighted by Gasteiger charge is -2.30. The van der Waals surface area contributed by atoms with E-state index in [1.165, 1.54) is 11.8 Å². The minimum Gasteiger partial charge on any atom is -0.465 e. The number of fused-ring (bicyclic) bond motifs is 1. The molecule has 6 nitrogen and oxygen atoms in total. The summed E-state index contributed by atoms with van der Waals surface area (Å²) in [6, 6.07) is 17.4. The zero-order chi connectivity index (χ0) is 23.0. The molecular weight excluding hydrogens is 426 g/mol. The fraction of sp³-hybridized carbons (Fsp3) is 0.440. The van der Waals surface area contributed by atoms with Gasteiger partial charge in [0.15, 0.2) is 0 Å². The summed E-state index contributed by atoms with van der Waals surface area (Å²) in [7, 11) is 0. The second-order valence-electron chi connectivity index (χ2n) is 8.26. The van der Waals surface area contributed by atoms with Crippen LogP contribution in [0.2, 0.25) is 0 Å². The highest BCUT2D eigenvalue weighted by atomic mass is 32.2. The van der Waals surface area contributed by atoms with Gasteiger partial charge in [0.25, 0.3) is 0 Å². The number of thioether (sulfide) groups is 1. The van der Waals surface area contributed by atoms with E-state index in [4.69, 9.17) is 14.2 Å². The van der Waals surface area contributed by atoms with Crippen LogP contribution in [-0.2, 0) is 36.8 Å². The minimum atomic E-state index is -0.760. The molecule has 2 aromatic rings. The maximum Gasteiger partial charge on any atom is 0.329 e. The van der Waals surface area contributed by atoms with Gasteiger partial charge in [-0.05, 0) is 38.0 Å². The molecule has 1 unspecified atom stereocenters. The second kappa shape index (κ2) is 11.4. The molecule has 32 heavy (non-hydrogen) atoms. The fourth-order valence-corrected chi connectivity index (χ4v) is 4.47. The van der Waals surface area contributed by atoms with Crippen LogP contribution in [0.15, 0.2) is 54.6 Å². The molecule has 0 spiro atoms. The van der Waals surface area contributed by atoms with Crippen molar-refractivity contribution in [1.82, 2.24) is 0 Å². The first-order valence-corrected chi connectivity index (χ1v) is 12.0. The van der Waals surface area contributed by atoms with Gasteiger partial charge in [-0.2, -0.15) is 0 Å². The molecule has 1 heterocycles. The number of benzene rings is 2. The van der Waals surface area contributed by atoms with Crippen molar-refractivity contribution in [3.05, 3.63) is 65.7 Å². The number of hydrogen-bond acceptors (Lipinski definition) is 7. The summed E-state index contributed by atoms with van der Waals surface area (Å²) < 4.78 is 16.7. The van der Waals surface area contributed by atoms with E-state index in [9.17, 15) is 9.59 Å².